The van der Waals surface area contributed by atoms with Crippen molar-refractivity contribution >= 4 is 7.12 Å². The van der Waals surface area contributed by atoms with Crippen molar-refractivity contribution in [3.05, 3.63) is 11.7 Å². The van der Waals surface area contributed by atoms with E-state index in [0.29, 0.717) is 0 Å². The molecule has 1 fully saturated rings. The number of nitrogens with zero attached hydrogens (tertiary/aromatic N) is 2. The summed E-state index contributed by atoms with van der Waals surface area (Å²) in [6.07, 6.45) is 2.03. The van der Waals surface area contributed by atoms with Crippen LogP contribution in [0, 0.1) is 0 Å². The van der Waals surface area contributed by atoms with Gasteiger partial charge in [0.1, 0.15) is 0 Å². The SMILES string of the molecule is C/C(=C\N(C)N(C)C)B1OC(C)(C)C(C)(C)O1. The molecule has 0 unspecified atom stereocenters. The molecule has 0 aromatic heterocycles. The molecule has 0 aromatic rings. The number of hydrazine groups is 1. The van der Waals surface area contributed by atoms with E-state index < -0.39 is 0 Å². The highest BCUT2D eigenvalue weighted by atomic mass is 16.7. The van der Waals surface area contributed by atoms with E-state index in [1.54, 1.807) is 0 Å². The van der Waals surface area contributed by atoms with Crippen molar-refractivity contribution in [1.29, 1.82) is 0 Å². The van der Waals surface area contributed by atoms with Gasteiger partial charge in [-0.2, -0.15) is 0 Å². The van der Waals surface area contributed by atoms with Crippen molar-refractivity contribution in [2.45, 2.75) is 45.8 Å². The minimum absolute atomic E-state index is 0.262. The van der Waals surface area contributed by atoms with Crippen molar-refractivity contribution in [1.82, 2.24) is 10.0 Å². The third-order valence-electron chi connectivity index (χ3n) is 3.65. The Hall–Kier alpha value is -0.515. The average Bonchev–Trinajstić information content (AvgIpc) is 2.35. The van der Waals surface area contributed by atoms with Gasteiger partial charge in [-0.1, -0.05) is 0 Å². The second kappa shape index (κ2) is 4.63. The van der Waals surface area contributed by atoms with Crippen LogP contribution in [0.1, 0.15) is 34.6 Å². The maximum Gasteiger partial charge on any atom is 0.491 e. The highest BCUT2D eigenvalue weighted by molar-refractivity contribution is 6.54. The summed E-state index contributed by atoms with van der Waals surface area (Å²) in [5, 5.41) is 4.00. The molecule has 5 heteroatoms. The van der Waals surface area contributed by atoms with Gasteiger partial charge in [-0.3, -0.25) is 0 Å². The maximum atomic E-state index is 5.97. The van der Waals surface area contributed by atoms with E-state index in [4.69, 9.17) is 9.31 Å². The quantitative estimate of drug-likeness (QED) is 0.556. The predicted octanol–water partition coefficient (Wildman–Crippen LogP) is 1.93. The number of rotatable bonds is 3. The number of hydrogen-bond donors (Lipinski definition) is 0. The second-order valence-corrected chi connectivity index (χ2v) is 5.88. The van der Waals surface area contributed by atoms with Gasteiger partial charge in [0.25, 0.3) is 0 Å². The van der Waals surface area contributed by atoms with Gasteiger partial charge >= 0.3 is 7.12 Å². The van der Waals surface area contributed by atoms with E-state index >= 15 is 0 Å². The summed E-state index contributed by atoms with van der Waals surface area (Å²) in [7, 11) is 5.72. The molecule has 0 aromatic carbocycles. The van der Waals surface area contributed by atoms with Crippen LogP contribution < -0.4 is 0 Å². The fraction of sp³-hybridized carbons (Fsp3) is 0.833. The minimum atomic E-state index is -0.274. The molecule has 0 atom stereocenters. The lowest BCUT2D eigenvalue weighted by molar-refractivity contribution is 0.00578. The Kier molecular flexibility index (Phi) is 3.96. The molecule has 1 saturated heterocycles. The van der Waals surface area contributed by atoms with Crippen molar-refractivity contribution < 1.29 is 9.31 Å². The average molecular weight is 240 g/mol. The standard InChI is InChI=1S/C12H25BN2O2/c1-10(9-15(8)14(6)7)13-16-11(2,3)12(4,5)17-13/h9H,1-8H3/b10-9+. The smallest absolute Gasteiger partial charge is 0.400 e. The van der Waals surface area contributed by atoms with Crippen molar-refractivity contribution in [3.63, 3.8) is 0 Å². The lowest BCUT2D eigenvalue weighted by Gasteiger charge is -2.32. The first-order chi connectivity index (χ1) is 7.57. The summed E-state index contributed by atoms with van der Waals surface area (Å²) in [4.78, 5) is 0. The molecule has 17 heavy (non-hydrogen) atoms. The van der Waals surface area contributed by atoms with Crippen LogP contribution in [0.15, 0.2) is 11.7 Å². The van der Waals surface area contributed by atoms with Crippen LogP contribution in [0.2, 0.25) is 0 Å². The highest BCUT2D eigenvalue weighted by Gasteiger charge is 2.51. The summed E-state index contributed by atoms with van der Waals surface area (Å²) in [5.41, 5.74) is 0.521. The van der Waals surface area contributed by atoms with Gasteiger partial charge in [-0.15, -0.1) is 0 Å². The van der Waals surface area contributed by atoms with Crippen molar-refractivity contribution in [2.75, 3.05) is 21.1 Å². The van der Waals surface area contributed by atoms with E-state index in [1.165, 1.54) is 0 Å². The second-order valence-electron chi connectivity index (χ2n) is 5.88. The van der Waals surface area contributed by atoms with Crippen LogP contribution in [0.3, 0.4) is 0 Å². The molecule has 1 heterocycles. The lowest BCUT2D eigenvalue weighted by atomic mass is 9.80. The van der Waals surface area contributed by atoms with E-state index in [1.807, 2.05) is 44.3 Å². The molecule has 0 spiro atoms. The maximum absolute atomic E-state index is 5.97. The third-order valence-corrected chi connectivity index (χ3v) is 3.65. The molecule has 1 aliphatic rings. The molecule has 98 valence electrons. The highest BCUT2D eigenvalue weighted by Crippen LogP contribution is 2.38. The van der Waals surface area contributed by atoms with Gasteiger partial charge in [0, 0.05) is 27.3 Å². The zero-order valence-corrected chi connectivity index (χ0v) is 12.4. The Morgan fingerprint density at radius 2 is 1.41 bits per heavy atom. The zero-order chi connectivity index (χ0) is 13.4. The molecular weight excluding hydrogens is 215 g/mol. The van der Waals surface area contributed by atoms with Gasteiger partial charge < -0.3 is 14.3 Å². The first-order valence-electron chi connectivity index (χ1n) is 6.01. The Labute approximate surface area is 106 Å². The van der Waals surface area contributed by atoms with Crippen molar-refractivity contribution in [2.24, 2.45) is 0 Å². The van der Waals surface area contributed by atoms with E-state index in [-0.39, 0.29) is 18.3 Å². The normalized spacial score (nSPS) is 23.4. The molecule has 1 rings (SSSR count). The van der Waals surface area contributed by atoms with Gasteiger partial charge in [0.15, 0.2) is 0 Å². The fourth-order valence-corrected chi connectivity index (χ4v) is 1.50. The zero-order valence-electron chi connectivity index (χ0n) is 12.4. The fourth-order valence-electron chi connectivity index (χ4n) is 1.50. The summed E-state index contributed by atoms with van der Waals surface area (Å²) < 4.78 is 11.9. The molecule has 0 saturated carbocycles. The molecule has 0 amide bonds. The van der Waals surface area contributed by atoms with E-state index in [0.717, 1.165) is 5.47 Å². The van der Waals surface area contributed by atoms with Gasteiger partial charge in [-0.25, -0.2) is 5.01 Å². The number of allylic oxidation sites excluding steroid dienone is 1. The van der Waals surface area contributed by atoms with Crippen LogP contribution in [-0.4, -0.2) is 49.5 Å². The largest absolute Gasteiger partial charge is 0.491 e. The Bertz CT molecular complexity index is 298. The first kappa shape index (κ1) is 14.5. The van der Waals surface area contributed by atoms with E-state index in [9.17, 15) is 0 Å². The lowest BCUT2D eigenvalue weighted by Crippen LogP contribution is -2.41. The topological polar surface area (TPSA) is 24.9 Å². The monoisotopic (exact) mass is 240 g/mol. The Balaban J connectivity index is 2.78. The molecule has 0 aliphatic carbocycles. The van der Waals surface area contributed by atoms with Gasteiger partial charge in [0.2, 0.25) is 0 Å². The third kappa shape index (κ3) is 3.03. The van der Waals surface area contributed by atoms with Gasteiger partial charge in [0.05, 0.1) is 11.2 Å². The van der Waals surface area contributed by atoms with Crippen LogP contribution >= 0.6 is 0 Å². The van der Waals surface area contributed by atoms with Crippen LogP contribution in [0.4, 0.5) is 0 Å². The Morgan fingerprint density at radius 3 is 1.76 bits per heavy atom. The first-order valence-corrected chi connectivity index (χ1v) is 6.01. The Morgan fingerprint density at radius 1 is 1.00 bits per heavy atom. The van der Waals surface area contributed by atoms with Crippen LogP contribution in [0.25, 0.3) is 0 Å². The number of hydrogen-bond acceptors (Lipinski definition) is 4. The summed E-state index contributed by atoms with van der Waals surface area (Å²) in [5.74, 6) is 0. The molecule has 4 nitrogen and oxygen atoms in total. The summed E-state index contributed by atoms with van der Waals surface area (Å²) in [6, 6.07) is 0. The molecule has 0 bridgehead atoms. The molecule has 0 radical (unpaired) electrons. The van der Waals surface area contributed by atoms with Gasteiger partial charge in [-0.05, 0) is 40.1 Å². The van der Waals surface area contributed by atoms with Crippen LogP contribution in [0.5, 0.6) is 0 Å². The summed E-state index contributed by atoms with van der Waals surface area (Å²) in [6.45, 7) is 10.3. The predicted molar refractivity (Wildman–Crippen MR) is 71.3 cm³/mol. The summed E-state index contributed by atoms with van der Waals surface area (Å²) >= 11 is 0. The van der Waals surface area contributed by atoms with E-state index in [2.05, 4.69) is 27.7 Å². The van der Waals surface area contributed by atoms with Crippen molar-refractivity contribution in [3.8, 4) is 0 Å². The molecular formula is C12H25BN2O2. The minimum Gasteiger partial charge on any atom is -0.400 e. The molecule has 0 N–H and O–H groups in total. The molecule has 1 aliphatic heterocycles. The van der Waals surface area contributed by atoms with Crippen LogP contribution in [-0.2, 0) is 9.31 Å².